The molecule has 0 bridgehead atoms. The smallest absolute Gasteiger partial charge is 0.242 e. The van der Waals surface area contributed by atoms with Gasteiger partial charge in [0.2, 0.25) is 23.0 Å². The number of nitrogens with zero attached hydrogens (tertiary/aromatic N) is 1. The van der Waals surface area contributed by atoms with Crippen LogP contribution in [0.1, 0.15) is 43.1 Å². The van der Waals surface area contributed by atoms with Gasteiger partial charge in [-0.1, -0.05) is 12.1 Å². The van der Waals surface area contributed by atoms with Crippen LogP contribution in [0.5, 0.6) is 17.2 Å². The fourth-order valence-electron chi connectivity index (χ4n) is 5.14. The number of pyridine rings is 1. The molecule has 0 spiro atoms. The van der Waals surface area contributed by atoms with E-state index in [1.165, 1.54) is 20.1 Å². The first kappa shape index (κ1) is 29.4. The number of carbonyl (C=O) groups is 2. The van der Waals surface area contributed by atoms with Crippen molar-refractivity contribution < 1.29 is 23.8 Å². The van der Waals surface area contributed by atoms with Crippen LogP contribution < -0.4 is 35.6 Å². The maximum Gasteiger partial charge on any atom is 0.242 e. The quantitative estimate of drug-likeness (QED) is 0.344. The summed E-state index contributed by atoms with van der Waals surface area (Å²) in [7, 11) is 4.65. The summed E-state index contributed by atoms with van der Waals surface area (Å²) in [6.45, 7) is 3.57. The van der Waals surface area contributed by atoms with Gasteiger partial charge >= 0.3 is 0 Å². The van der Waals surface area contributed by atoms with Crippen molar-refractivity contribution in [1.29, 1.82) is 0 Å². The van der Waals surface area contributed by atoms with Gasteiger partial charge in [-0.25, -0.2) is 0 Å². The van der Waals surface area contributed by atoms with Gasteiger partial charge in [-0.15, -0.1) is 0 Å². The van der Waals surface area contributed by atoms with E-state index >= 15 is 0 Å². The molecule has 1 aliphatic rings. The van der Waals surface area contributed by atoms with Crippen molar-refractivity contribution in [3.8, 4) is 28.4 Å². The lowest BCUT2D eigenvalue weighted by atomic mass is 9.95. The zero-order valence-electron chi connectivity index (χ0n) is 24.0. The molecule has 1 aromatic heterocycles. The summed E-state index contributed by atoms with van der Waals surface area (Å²) in [5, 5.41) is 8.94. The Morgan fingerprint density at radius 2 is 1.83 bits per heavy atom. The highest BCUT2D eigenvalue weighted by atomic mass is 16.5. The van der Waals surface area contributed by atoms with Crippen molar-refractivity contribution in [3.63, 3.8) is 0 Å². The van der Waals surface area contributed by atoms with Gasteiger partial charge in [0, 0.05) is 37.3 Å². The van der Waals surface area contributed by atoms with Crippen molar-refractivity contribution in [2.75, 3.05) is 33.2 Å². The number of amides is 2. The first-order chi connectivity index (χ1) is 19.8. The molecule has 4 rings (SSSR count). The molecule has 3 N–H and O–H groups in total. The number of nitrogens with one attached hydrogen (secondary N) is 3. The van der Waals surface area contributed by atoms with Crippen LogP contribution in [0.15, 0.2) is 53.5 Å². The maximum atomic E-state index is 13.5. The number of aryl methyl sites for hydroxylation is 1. The number of rotatable bonds is 10. The molecule has 1 aliphatic carbocycles. The lowest BCUT2D eigenvalue weighted by Gasteiger charge is -2.19. The van der Waals surface area contributed by atoms with Crippen LogP contribution in [-0.4, -0.2) is 50.7 Å². The normalized spacial score (nSPS) is 14.4. The number of aromatic nitrogens is 1. The number of hydrogen-bond donors (Lipinski definition) is 3. The third kappa shape index (κ3) is 6.59. The highest BCUT2D eigenvalue weighted by Crippen LogP contribution is 2.50. The molecule has 0 aliphatic heterocycles. The second kappa shape index (κ2) is 13.2. The standard InChI is InChI=1S/C31H36N4O6/c1-18(31(38)33-15-13-21-8-6-7-14-32-21)34-25-12-10-22-23(17-26(25)37)24(35-19(2)36)11-9-20-16-27(39-3)29(40-4)30(41-5)28(20)22/h6-8,10,12,14,16-18,24H,9,11,13,15H2,1-5H3,(H,33,38)(H,34,37)(H,35,36)/t18-,24-/m1/s1. The summed E-state index contributed by atoms with van der Waals surface area (Å²) in [5.74, 6) is 0.981. The van der Waals surface area contributed by atoms with E-state index in [0.29, 0.717) is 54.2 Å². The first-order valence-corrected chi connectivity index (χ1v) is 13.5. The molecule has 3 aromatic rings. The van der Waals surface area contributed by atoms with Gasteiger partial charge in [-0.3, -0.25) is 19.4 Å². The summed E-state index contributed by atoms with van der Waals surface area (Å²) in [6, 6.07) is 11.5. The largest absolute Gasteiger partial charge is 0.493 e. The molecular formula is C31H36N4O6. The van der Waals surface area contributed by atoms with Crippen LogP contribution in [0.4, 0.5) is 5.69 Å². The van der Waals surface area contributed by atoms with E-state index in [2.05, 4.69) is 20.9 Å². The number of anilines is 1. The van der Waals surface area contributed by atoms with E-state index in [1.54, 1.807) is 33.4 Å². The third-order valence-electron chi connectivity index (χ3n) is 7.09. The lowest BCUT2D eigenvalue weighted by Crippen LogP contribution is -2.39. The minimum absolute atomic E-state index is 0.206. The Hall–Kier alpha value is -4.60. The summed E-state index contributed by atoms with van der Waals surface area (Å²) in [6.07, 6.45) is 3.47. The average Bonchev–Trinajstić information content (AvgIpc) is 3.21. The molecule has 0 saturated heterocycles. The van der Waals surface area contributed by atoms with Gasteiger partial charge in [0.25, 0.3) is 0 Å². The molecule has 10 nitrogen and oxygen atoms in total. The van der Waals surface area contributed by atoms with Crippen molar-refractivity contribution >= 4 is 17.5 Å². The molecule has 2 aromatic carbocycles. The molecule has 0 radical (unpaired) electrons. The van der Waals surface area contributed by atoms with Gasteiger partial charge in [0.1, 0.15) is 6.04 Å². The van der Waals surface area contributed by atoms with Crippen LogP contribution in [0.3, 0.4) is 0 Å². The number of ether oxygens (including phenoxy) is 3. The predicted octanol–water partition coefficient (Wildman–Crippen LogP) is 3.42. The molecule has 0 fully saturated rings. The zero-order chi connectivity index (χ0) is 29.5. The minimum Gasteiger partial charge on any atom is -0.493 e. The van der Waals surface area contributed by atoms with Crippen molar-refractivity contribution in [3.05, 3.63) is 75.7 Å². The number of carbonyl (C=O) groups excluding carboxylic acids is 2. The molecule has 2 amide bonds. The molecule has 0 saturated carbocycles. The summed E-state index contributed by atoms with van der Waals surface area (Å²) in [5.41, 5.74) is 3.88. The Labute approximate surface area is 239 Å². The molecule has 1 heterocycles. The molecule has 2 atom stereocenters. The van der Waals surface area contributed by atoms with Crippen LogP contribution in [0.25, 0.3) is 11.1 Å². The Balaban J connectivity index is 1.70. The highest BCUT2D eigenvalue weighted by Gasteiger charge is 2.29. The summed E-state index contributed by atoms with van der Waals surface area (Å²) < 4.78 is 17.0. The lowest BCUT2D eigenvalue weighted by molar-refractivity contribution is -0.121. The zero-order valence-corrected chi connectivity index (χ0v) is 24.0. The first-order valence-electron chi connectivity index (χ1n) is 13.5. The molecule has 10 heteroatoms. The maximum absolute atomic E-state index is 13.5. The SMILES string of the molecule is COc1cc2c(c(OC)c1OC)-c1ccc(N[C@H](C)C(=O)NCCc3ccccn3)c(=O)cc1[C@H](NC(C)=O)CC2. The number of fused-ring (bicyclic) bond motifs is 3. The summed E-state index contributed by atoms with van der Waals surface area (Å²) >= 11 is 0. The van der Waals surface area contributed by atoms with E-state index in [4.69, 9.17) is 14.2 Å². The van der Waals surface area contributed by atoms with E-state index in [1.807, 2.05) is 30.3 Å². The van der Waals surface area contributed by atoms with Gasteiger partial charge in [0.05, 0.1) is 33.1 Å². The van der Waals surface area contributed by atoms with Gasteiger partial charge < -0.3 is 30.2 Å². The summed E-state index contributed by atoms with van der Waals surface area (Å²) in [4.78, 5) is 42.7. The fraction of sp³-hybridized carbons (Fsp3) is 0.355. The number of benzene rings is 1. The number of methoxy groups -OCH3 is 3. The molecule has 0 unspecified atom stereocenters. The minimum atomic E-state index is -0.675. The Morgan fingerprint density at radius 3 is 2.49 bits per heavy atom. The second-order valence-electron chi connectivity index (χ2n) is 9.82. The Morgan fingerprint density at radius 1 is 1.05 bits per heavy atom. The molecule has 41 heavy (non-hydrogen) atoms. The Kier molecular flexibility index (Phi) is 9.44. The van der Waals surface area contributed by atoms with Crippen molar-refractivity contribution in [2.45, 2.75) is 45.2 Å². The van der Waals surface area contributed by atoms with Gasteiger partial charge in [-0.05, 0) is 66.8 Å². The van der Waals surface area contributed by atoms with Gasteiger partial charge in [-0.2, -0.15) is 0 Å². The highest BCUT2D eigenvalue weighted by molar-refractivity contribution is 5.85. The molecule has 216 valence electrons. The second-order valence-corrected chi connectivity index (χ2v) is 9.82. The fourth-order valence-corrected chi connectivity index (χ4v) is 5.14. The predicted molar refractivity (Wildman–Crippen MR) is 157 cm³/mol. The van der Waals surface area contributed by atoms with Crippen LogP contribution in [0.2, 0.25) is 0 Å². The van der Waals surface area contributed by atoms with Crippen LogP contribution in [0, 0.1) is 0 Å². The van der Waals surface area contributed by atoms with E-state index in [9.17, 15) is 14.4 Å². The van der Waals surface area contributed by atoms with Crippen molar-refractivity contribution in [1.82, 2.24) is 15.6 Å². The molecular weight excluding hydrogens is 524 g/mol. The number of hydrogen-bond acceptors (Lipinski definition) is 8. The Bertz CT molecular complexity index is 1480. The average molecular weight is 561 g/mol. The van der Waals surface area contributed by atoms with E-state index in [0.717, 1.165) is 16.8 Å². The van der Waals surface area contributed by atoms with E-state index in [-0.39, 0.29) is 22.9 Å². The van der Waals surface area contributed by atoms with E-state index < -0.39 is 12.1 Å². The van der Waals surface area contributed by atoms with Crippen LogP contribution in [-0.2, 0) is 22.4 Å². The van der Waals surface area contributed by atoms with Crippen molar-refractivity contribution in [2.24, 2.45) is 0 Å². The van der Waals surface area contributed by atoms with Crippen LogP contribution >= 0.6 is 0 Å². The van der Waals surface area contributed by atoms with Gasteiger partial charge in [0.15, 0.2) is 11.5 Å². The topological polar surface area (TPSA) is 128 Å². The monoisotopic (exact) mass is 560 g/mol. The third-order valence-corrected chi connectivity index (χ3v) is 7.09.